The first-order valence-electron chi connectivity index (χ1n) is 10.8. The molecule has 2 N–H and O–H groups in total. The van der Waals surface area contributed by atoms with Gasteiger partial charge in [0, 0.05) is 44.3 Å². The van der Waals surface area contributed by atoms with Gasteiger partial charge in [-0.2, -0.15) is 13.2 Å². The van der Waals surface area contributed by atoms with E-state index < -0.39 is 12.7 Å². The van der Waals surface area contributed by atoms with Crippen molar-refractivity contribution in [3.05, 3.63) is 35.4 Å². The van der Waals surface area contributed by atoms with Crippen LogP contribution >= 0.6 is 24.0 Å². The van der Waals surface area contributed by atoms with Crippen LogP contribution in [0, 0.1) is 6.92 Å². The van der Waals surface area contributed by atoms with Crippen LogP contribution in [0.15, 0.2) is 29.3 Å². The maximum absolute atomic E-state index is 12.7. The van der Waals surface area contributed by atoms with E-state index in [0.29, 0.717) is 51.8 Å². The monoisotopic (exact) mass is 554 g/mol. The zero-order valence-electron chi connectivity index (χ0n) is 18.3. The Balaban J connectivity index is 0.00000341. The number of hydrogen-bond acceptors (Lipinski definition) is 3. The fourth-order valence-electron chi connectivity index (χ4n) is 4.53. The van der Waals surface area contributed by atoms with Crippen molar-refractivity contribution in [2.24, 2.45) is 4.99 Å². The molecule has 0 amide bonds. The van der Waals surface area contributed by atoms with Crippen molar-refractivity contribution in [2.75, 3.05) is 45.9 Å². The molecule has 0 radical (unpaired) electrons. The topological polar surface area (TPSA) is 48.9 Å². The summed E-state index contributed by atoms with van der Waals surface area (Å²) < 4.78 is 43.6. The Morgan fingerprint density at radius 1 is 1.26 bits per heavy atom. The van der Waals surface area contributed by atoms with Gasteiger partial charge in [-0.05, 0) is 44.2 Å². The molecular formula is C22H34F3IN4O. The van der Waals surface area contributed by atoms with E-state index in [0.717, 1.165) is 12.8 Å². The lowest BCUT2D eigenvalue weighted by atomic mass is 9.72. The molecule has 1 atom stereocenters. The Hall–Kier alpha value is -1.07. The number of benzene rings is 1. The number of ether oxygens (including phenoxy) is 1. The highest BCUT2D eigenvalue weighted by Crippen LogP contribution is 2.37. The number of aliphatic imine (C=N–C) groups is 1. The van der Waals surface area contributed by atoms with Crippen LogP contribution in [0.1, 0.15) is 37.3 Å². The molecule has 0 saturated carbocycles. The van der Waals surface area contributed by atoms with Gasteiger partial charge in [0.1, 0.15) is 0 Å². The van der Waals surface area contributed by atoms with E-state index in [1.54, 1.807) is 0 Å². The van der Waals surface area contributed by atoms with Crippen LogP contribution in [0.3, 0.4) is 0 Å². The highest BCUT2D eigenvalue weighted by atomic mass is 127. The van der Waals surface area contributed by atoms with Crippen LogP contribution in [-0.4, -0.2) is 69.0 Å². The molecular weight excluding hydrogens is 520 g/mol. The van der Waals surface area contributed by atoms with Crippen molar-refractivity contribution in [1.82, 2.24) is 15.5 Å². The van der Waals surface area contributed by atoms with Gasteiger partial charge in [-0.3, -0.25) is 9.89 Å². The molecule has 176 valence electrons. The molecule has 0 aliphatic carbocycles. The minimum Gasteiger partial charge on any atom is -0.381 e. The van der Waals surface area contributed by atoms with Gasteiger partial charge in [0.15, 0.2) is 5.96 Å². The molecule has 3 rings (SSSR count). The lowest BCUT2D eigenvalue weighted by Gasteiger charge is -2.37. The van der Waals surface area contributed by atoms with Crippen LogP contribution in [0.5, 0.6) is 0 Å². The highest BCUT2D eigenvalue weighted by molar-refractivity contribution is 14.0. The number of aryl methyl sites for hydroxylation is 1. The Labute approximate surface area is 200 Å². The van der Waals surface area contributed by atoms with Crippen LogP contribution in [0.25, 0.3) is 0 Å². The van der Waals surface area contributed by atoms with Gasteiger partial charge >= 0.3 is 6.18 Å². The number of halogens is 4. The zero-order valence-corrected chi connectivity index (χ0v) is 20.6. The number of guanidine groups is 1. The van der Waals surface area contributed by atoms with Gasteiger partial charge in [-0.1, -0.05) is 24.3 Å². The van der Waals surface area contributed by atoms with Crippen molar-refractivity contribution in [3.63, 3.8) is 0 Å². The van der Waals surface area contributed by atoms with Crippen LogP contribution in [0.2, 0.25) is 0 Å². The van der Waals surface area contributed by atoms with Crippen molar-refractivity contribution in [2.45, 2.75) is 50.7 Å². The molecule has 1 aromatic rings. The number of alkyl halides is 3. The summed E-state index contributed by atoms with van der Waals surface area (Å²) in [5.74, 6) is 0.677. The van der Waals surface area contributed by atoms with E-state index in [1.165, 1.54) is 16.0 Å². The molecule has 2 fully saturated rings. The third kappa shape index (κ3) is 7.49. The maximum Gasteiger partial charge on any atom is 0.401 e. The summed E-state index contributed by atoms with van der Waals surface area (Å²) >= 11 is 0. The van der Waals surface area contributed by atoms with Crippen LogP contribution < -0.4 is 10.6 Å². The lowest BCUT2D eigenvalue weighted by molar-refractivity contribution is -0.143. The summed E-state index contributed by atoms with van der Waals surface area (Å²) in [6, 6.07) is 8.40. The SMILES string of the molecule is CCNC(=NCC1(c2ccccc2C)CCOCC1)NC1CCN(CC(F)(F)F)C1.I. The van der Waals surface area contributed by atoms with Crippen molar-refractivity contribution < 1.29 is 17.9 Å². The van der Waals surface area contributed by atoms with Gasteiger partial charge in [-0.25, -0.2) is 0 Å². The first kappa shape index (κ1) is 26.2. The number of rotatable bonds is 6. The van der Waals surface area contributed by atoms with Gasteiger partial charge in [0.05, 0.1) is 13.1 Å². The number of likely N-dealkylation sites (tertiary alicyclic amines) is 1. The molecule has 9 heteroatoms. The van der Waals surface area contributed by atoms with Gasteiger partial charge < -0.3 is 15.4 Å². The first-order valence-corrected chi connectivity index (χ1v) is 10.8. The Kier molecular flexibility index (Phi) is 9.88. The molecule has 2 aliphatic rings. The molecule has 0 spiro atoms. The zero-order chi connectivity index (χ0) is 21.6. The molecule has 1 aromatic carbocycles. The average molecular weight is 554 g/mol. The van der Waals surface area contributed by atoms with Crippen molar-refractivity contribution >= 4 is 29.9 Å². The second-order valence-electron chi connectivity index (χ2n) is 8.38. The largest absolute Gasteiger partial charge is 0.401 e. The summed E-state index contributed by atoms with van der Waals surface area (Å²) in [5.41, 5.74) is 2.49. The smallest absolute Gasteiger partial charge is 0.381 e. The molecule has 1 unspecified atom stereocenters. The predicted molar refractivity (Wildman–Crippen MR) is 128 cm³/mol. The minimum absolute atomic E-state index is 0. The third-order valence-corrected chi connectivity index (χ3v) is 6.07. The average Bonchev–Trinajstić information content (AvgIpc) is 3.12. The third-order valence-electron chi connectivity index (χ3n) is 6.07. The molecule has 0 aromatic heterocycles. The summed E-state index contributed by atoms with van der Waals surface area (Å²) in [6.07, 6.45) is -1.67. The van der Waals surface area contributed by atoms with E-state index in [9.17, 15) is 13.2 Å². The molecule has 2 aliphatic heterocycles. The van der Waals surface area contributed by atoms with E-state index in [2.05, 4.69) is 35.8 Å². The lowest BCUT2D eigenvalue weighted by Crippen LogP contribution is -2.46. The van der Waals surface area contributed by atoms with Gasteiger partial charge in [-0.15, -0.1) is 24.0 Å². The molecule has 2 saturated heterocycles. The summed E-state index contributed by atoms with van der Waals surface area (Å²) in [7, 11) is 0. The maximum atomic E-state index is 12.7. The second kappa shape index (κ2) is 11.7. The number of hydrogen-bond donors (Lipinski definition) is 2. The molecule has 2 heterocycles. The Morgan fingerprint density at radius 3 is 2.61 bits per heavy atom. The van der Waals surface area contributed by atoms with Crippen LogP contribution in [0.4, 0.5) is 13.2 Å². The number of nitrogens with zero attached hydrogens (tertiary/aromatic N) is 2. The molecule has 31 heavy (non-hydrogen) atoms. The van der Waals surface area contributed by atoms with Gasteiger partial charge in [0.2, 0.25) is 0 Å². The fourth-order valence-corrected chi connectivity index (χ4v) is 4.53. The van der Waals surface area contributed by atoms with Crippen molar-refractivity contribution in [3.8, 4) is 0 Å². The highest BCUT2D eigenvalue weighted by Gasteiger charge is 2.36. The molecule has 0 bridgehead atoms. The summed E-state index contributed by atoms with van der Waals surface area (Å²) in [6.45, 7) is 6.84. The quantitative estimate of drug-likeness (QED) is 0.319. The summed E-state index contributed by atoms with van der Waals surface area (Å²) in [5, 5.41) is 6.62. The predicted octanol–water partition coefficient (Wildman–Crippen LogP) is 3.85. The fraction of sp³-hybridized carbons (Fsp3) is 0.682. The van der Waals surface area contributed by atoms with Crippen molar-refractivity contribution in [1.29, 1.82) is 0 Å². The minimum atomic E-state index is -4.16. The molecule has 5 nitrogen and oxygen atoms in total. The normalized spacial score (nSPS) is 22.1. The second-order valence-corrected chi connectivity index (χ2v) is 8.38. The van der Waals surface area contributed by atoms with E-state index in [1.807, 2.05) is 13.0 Å². The Morgan fingerprint density at radius 2 is 1.97 bits per heavy atom. The Bertz CT molecular complexity index is 723. The first-order chi connectivity index (χ1) is 14.3. The standard InChI is InChI=1S/C22H33F3N4O.HI/c1-3-26-20(28-18-8-11-29(14-18)16-22(23,24)25)27-15-21(9-12-30-13-10-21)19-7-5-4-6-17(19)2;/h4-7,18H,3,8-16H2,1-2H3,(H2,26,27,28);1H. The van der Waals surface area contributed by atoms with E-state index >= 15 is 0 Å². The van der Waals surface area contributed by atoms with Gasteiger partial charge in [0.25, 0.3) is 0 Å². The summed E-state index contributed by atoms with van der Waals surface area (Å²) in [4.78, 5) is 6.34. The van der Waals surface area contributed by atoms with E-state index in [4.69, 9.17) is 9.73 Å². The van der Waals surface area contributed by atoms with Crippen LogP contribution in [-0.2, 0) is 10.2 Å². The number of nitrogens with one attached hydrogen (secondary N) is 2. The van der Waals surface area contributed by atoms with E-state index in [-0.39, 0.29) is 35.4 Å².